The minimum absolute atomic E-state index is 0.499. The standard InChI is InChI=1S/C48H29N3S2/c1-3-11-30(12-4-1)31-19-21-33(22-20-31)46-49-45(32-13-5-2-6-14-32)50-47(51-46)34-23-24-35-40(29-34)48(39-25-26-41-36(44(35)39)27-28-52-41)37-15-7-9-17-42(37)53-43-18-10-8-16-38(43)48/h1-29H. The van der Waals surface area contributed by atoms with Gasteiger partial charge in [0.1, 0.15) is 0 Å². The van der Waals surface area contributed by atoms with Crippen LogP contribution in [0.3, 0.4) is 0 Å². The molecule has 0 saturated heterocycles. The quantitative estimate of drug-likeness (QED) is 0.182. The molecule has 5 heteroatoms. The van der Waals surface area contributed by atoms with Gasteiger partial charge in [0.25, 0.3) is 0 Å². The van der Waals surface area contributed by atoms with E-state index in [4.69, 9.17) is 15.0 Å². The van der Waals surface area contributed by atoms with E-state index in [0.29, 0.717) is 17.5 Å². The van der Waals surface area contributed by atoms with E-state index in [9.17, 15) is 0 Å². The fraction of sp³-hybridized carbons (Fsp3) is 0.0208. The summed E-state index contributed by atoms with van der Waals surface area (Å²) in [7, 11) is 0. The summed E-state index contributed by atoms with van der Waals surface area (Å²) in [6, 6.07) is 60.9. The molecule has 0 fully saturated rings. The molecular weight excluding hydrogens is 683 g/mol. The summed E-state index contributed by atoms with van der Waals surface area (Å²) >= 11 is 3.67. The zero-order chi connectivity index (χ0) is 34.9. The SMILES string of the molecule is c1ccc(-c2ccc(-c3nc(-c4ccccc4)nc(-c4ccc5c(c4)C4(c6ccccc6Sc6ccccc64)c4ccc6sccc6c4-5)n3)cc2)cc1. The van der Waals surface area contributed by atoms with Crippen LogP contribution in [0.1, 0.15) is 22.3 Å². The van der Waals surface area contributed by atoms with E-state index in [1.165, 1.54) is 58.8 Å². The first-order valence-electron chi connectivity index (χ1n) is 17.8. The van der Waals surface area contributed by atoms with E-state index in [-0.39, 0.29) is 0 Å². The number of thiophene rings is 1. The third-order valence-corrected chi connectivity index (χ3v) is 12.7. The molecule has 0 N–H and O–H groups in total. The Hall–Kier alpha value is -6.14. The van der Waals surface area contributed by atoms with Crippen molar-refractivity contribution in [1.29, 1.82) is 0 Å². The summed E-state index contributed by atoms with van der Waals surface area (Å²) < 4.78 is 1.30. The Bertz CT molecular complexity index is 2820. The Morgan fingerprint density at radius 3 is 1.60 bits per heavy atom. The first-order valence-corrected chi connectivity index (χ1v) is 19.5. The molecular formula is C48H29N3S2. The van der Waals surface area contributed by atoms with Crippen LogP contribution in [0.25, 0.3) is 66.5 Å². The lowest BCUT2D eigenvalue weighted by Gasteiger charge is -2.39. The average molecular weight is 712 g/mol. The maximum absolute atomic E-state index is 5.22. The number of rotatable bonds is 4. The number of aromatic nitrogens is 3. The second-order valence-electron chi connectivity index (χ2n) is 13.5. The second-order valence-corrected chi connectivity index (χ2v) is 15.6. The maximum atomic E-state index is 5.22. The van der Waals surface area contributed by atoms with Crippen molar-refractivity contribution in [2.45, 2.75) is 15.2 Å². The van der Waals surface area contributed by atoms with Crippen molar-refractivity contribution >= 4 is 33.2 Å². The fourth-order valence-electron chi connectivity index (χ4n) is 8.37. The molecule has 9 aromatic rings. The van der Waals surface area contributed by atoms with Crippen LogP contribution in [0.2, 0.25) is 0 Å². The Balaban J connectivity index is 1.16. The van der Waals surface area contributed by atoms with Crippen LogP contribution in [0.15, 0.2) is 185 Å². The van der Waals surface area contributed by atoms with Crippen LogP contribution in [0.5, 0.6) is 0 Å². The van der Waals surface area contributed by atoms with Gasteiger partial charge in [0, 0.05) is 36.6 Å². The summed E-state index contributed by atoms with van der Waals surface area (Å²) in [5.74, 6) is 1.96. The largest absolute Gasteiger partial charge is 0.208 e. The highest BCUT2D eigenvalue weighted by Crippen LogP contribution is 2.63. The molecule has 2 aromatic heterocycles. The Labute approximate surface area is 315 Å². The van der Waals surface area contributed by atoms with E-state index in [1.54, 1.807) is 11.3 Å². The van der Waals surface area contributed by atoms with Gasteiger partial charge in [-0.25, -0.2) is 15.0 Å². The van der Waals surface area contributed by atoms with Crippen molar-refractivity contribution < 1.29 is 0 Å². The molecule has 3 heterocycles. The van der Waals surface area contributed by atoms with Gasteiger partial charge in [0.05, 0.1) is 5.41 Å². The normalized spacial score (nSPS) is 13.4. The van der Waals surface area contributed by atoms with Crippen molar-refractivity contribution in [3.8, 4) is 56.4 Å². The van der Waals surface area contributed by atoms with Crippen LogP contribution >= 0.6 is 23.1 Å². The van der Waals surface area contributed by atoms with E-state index in [1.807, 2.05) is 36.0 Å². The first-order chi connectivity index (χ1) is 26.3. The molecule has 0 atom stereocenters. The minimum atomic E-state index is -0.499. The molecule has 1 spiro atoms. The topological polar surface area (TPSA) is 38.7 Å². The van der Waals surface area contributed by atoms with Crippen molar-refractivity contribution in [1.82, 2.24) is 15.0 Å². The minimum Gasteiger partial charge on any atom is -0.208 e. The Morgan fingerprint density at radius 1 is 0.396 bits per heavy atom. The highest BCUT2D eigenvalue weighted by Gasteiger charge is 2.50. The fourth-order valence-corrected chi connectivity index (χ4v) is 10.4. The molecule has 0 bridgehead atoms. The van der Waals surface area contributed by atoms with Crippen LogP contribution in [-0.4, -0.2) is 15.0 Å². The smallest absolute Gasteiger partial charge is 0.164 e. The molecule has 1 aliphatic heterocycles. The van der Waals surface area contributed by atoms with E-state index >= 15 is 0 Å². The highest BCUT2D eigenvalue weighted by molar-refractivity contribution is 7.99. The Morgan fingerprint density at radius 2 is 0.925 bits per heavy atom. The van der Waals surface area contributed by atoms with Gasteiger partial charge < -0.3 is 0 Å². The van der Waals surface area contributed by atoms with Crippen molar-refractivity contribution in [3.63, 3.8) is 0 Å². The summed E-state index contributed by atoms with van der Waals surface area (Å²) in [4.78, 5) is 18.0. The van der Waals surface area contributed by atoms with Gasteiger partial charge in [-0.3, -0.25) is 0 Å². The predicted molar refractivity (Wildman–Crippen MR) is 218 cm³/mol. The monoisotopic (exact) mass is 711 g/mol. The van der Waals surface area contributed by atoms with Gasteiger partial charge in [0.2, 0.25) is 0 Å². The Kier molecular flexibility index (Phi) is 6.88. The average Bonchev–Trinajstić information content (AvgIpc) is 3.83. The second kappa shape index (κ2) is 12.0. The first kappa shape index (κ1) is 30.5. The summed E-state index contributed by atoms with van der Waals surface area (Å²) in [6.07, 6.45) is 0. The number of fused-ring (bicyclic) bond motifs is 11. The molecule has 1 aliphatic carbocycles. The molecule has 0 amide bonds. The predicted octanol–water partition coefficient (Wildman–Crippen LogP) is 12.6. The summed E-state index contributed by atoms with van der Waals surface area (Å²) in [5.41, 5.74) is 12.5. The van der Waals surface area contributed by atoms with Crippen LogP contribution in [0, 0.1) is 0 Å². The van der Waals surface area contributed by atoms with Gasteiger partial charge in [-0.15, -0.1) is 11.3 Å². The van der Waals surface area contributed by atoms with Crippen LogP contribution in [0.4, 0.5) is 0 Å². The van der Waals surface area contributed by atoms with Crippen LogP contribution < -0.4 is 0 Å². The van der Waals surface area contributed by atoms with Crippen molar-refractivity contribution in [3.05, 3.63) is 197 Å². The molecule has 2 aliphatic rings. The van der Waals surface area contributed by atoms with Gasteiger partial charge in [0.15, 0.2) is 17.5 Å². The molecule has 3 nitrogen and oxygen atoms in total. The highest BCUT2D eigenvalue weighted by atomic mass is 32.2. The molecule has 11 rings (SSSR count). The molecule has 0 radical (unpaired) electrons. The lowest BCUT2D eigenvalue weighted by molar-refractivity contribution is 0.723. The summed E-state index contributed by atoms with van der Waals surface area (Å²) in [6.45, 7) is 0. The molecule has 7 aromatic carbocycles. The van der Waals surface area contributed by atoms with Crippen LogP contribution in [-0.2, 0) is 5.41 Å². The van der Waals surface area contributed by atoms with E-state index < -0.39 is 5.41 Å². The molecule has 0 unspecified atom stereocenters. The third kappa shape index (κ3) is 4.64. The third-order valence-electron chi connectivity index (χ3n) is 10.7. The number of hydrogen-bond acceptors (Lipinski definition) is 5. The number of benzene rings is 7. The molecule has 0 saturated carbocycles. The molecule has 53 heavy (non-hydrogen) atoms. The zero-order valence-electron chi connectivity index (χ0n) is 28.4. The number of hydrogen-bond donors (Lipinski definition) is 0. The maximum Gasteiger partial charge on any atom is 0.164 e. The van der Waals surface area contributed by atoms with E-state index in [0.717, 1.165) is 22.3 Å². The van der Waals surface area contributed by atoms with Gasteiger partial charge in [-0.2, -0.15) is 0 Å². The molecule has 248 valence electrons. The zero-order valence-corrected chi connectivity index (χ0v) is 30.0. The van der Waals surface area contributed by atoms with Crippen molar-refractivity contribution in [2.75, 3.05) is 0 Å². The van der Waals surface area contributed by atoms with Crippen molar-refractivity contribution in [2.24, 2.45) is 0 Å². The lowest BCUT2D eigenvalue weighted by Crippen LogP contribution is -2.32. The lowest BCUT2D eigenvalue weighted by atomic mass is 9.67. The van der Waals surface area contributed by atoms with Gasteiger partial charge in [-0.05, 0) is 80.2 Å². The van der Waals surface area contributed by atoms with Gasteiger partial charge >= 0.3 is 0 Å². The number of nitrogens with zero attached hydrogens (tertiary/aromatic N) is 3. The summed E-state index contributed by atoms with van der Waals surface area (Å²) in [5, 5.41) is 3.52. The van der Waals surface area contributed by atoms with E-state index in [2.05, 4.69) is 151 Å². The van der Waals surface area contributed by atoms with Gasteiger partial charge in [-0.1, -0.05) is 151 Å².